The van der Waals surface area contributed by atoms with Gasteiger partial charge in [-0.3, -0.25) is 4.79 Å². The number of alkyl halides is 3. The van der Waals surface area contributed by atoms with Crippen LogP contribution in [0, 0.1) is 0 Å². The average molecular weight is 440 g/mol. The van der Waals surface area contributed by atoms with E-state index in [4.69, 9.17) is 5.73 Å². The summed E-state index contributed by atoms with van der Waals surface area (Å²) < 4.78 is 40.6. The first-order valence-corrected chi connectivity index (χ1v) is 9.73. The maximum atomic E-state index is 13.0. The minimum absolute atomic E-state index is 0.0179. The summed E-state index contributed by atoms with van der Waals surface area (Å²) in [6.07, 6.45) is -3.16. The van der Waals surface area contributed by atoms with E-state index in [1.165, 1.54) is 18.5 Å². The molecule has 0 fully saturated rings. The van der Waals surface area contributed by atoms with E-state index in [0.717, 1.165) is 12.1 Å². The normalized spacial score (nSPS) is 11.8. The SMILES string of the molecule is CC(C)n1nc(-c2cccc(NC(=O)c3cccc(C(F)(F)F)c3)c2)c2c(N)ncnc21. The summed E-state index contributed by atoms with van der Waals surface area (Å²) in [5.41, 5.74) is 7.27. The second kappa shape index (κ2) is 7.95. The van der Waals surface area contributed by atoms with Gasteiger partial charge < -0.3 is 11.1 Å². The Balaban J connectivity index is 1.69. The van der Waals surface area contributed by atoms with Crippen LogP contribution < -0.4 is 11.1 Å². The number of aromatic nitrogens is 4. The maximum Gasteiger partial charge on any atom is 0.416 e. The highest BCUT2D eigenvalue weighted by atomic mass is 19.4. The number of hydrogen-bond donors (Lipinski definition) is 2. The lowest BCUT2D eigenvalue weighted by Gasteiger charge is -2.10. The molecule has 0 saturated heterocycles. The summed E-state index contributed by atoms with van der Waals surface area (Å²) in [5, 5.41) is 7.86. The molecule has 0 spiro atoms. The van der Waals surface area contributed by atoms with Gasteiger partial charge in [0.2, 0.25) is 0 Å². The Bertz CT molecular complexity index is 1310. The molecule has 0 aliphatic heterocycles. The van der Waals surface area contributed by atoms with Crippen LogP contribution in [0.5, 0.6) is 0 Å². The van der Waals surface area contributed by atoms with Crippen LogP contribution in [0.25, 0.3) is 22.3 Å². The summed E-state index contributed by atoms with van der Waals surface area (Å²) in [6, 6.07) is 11.1. The van der Waals surface area contributed by atoms with Crippen molar-refractivity contribution in [1.82, 2.24) is 19.7 Å². The number of carbonyl (C=O) groups excluding carboxylic acids is 1. The van der Waals surface area contributed by atoms with Gasteiger partial charge in [0.05, 0.1) is 10.9 Å². The molecular weight excluding hydrogens is 421 g/mol. The van der Waals surface area contributed by atoms with Crippen molar-refractivity contribution in [3.8, 4) is 11.3 Å². The molecule has 164 valence electrons. The number of benzene rings is 2. The largest absolute Gasteiger partial charge is 0.416 e. The van der Waals surface area contributed by atoms with Crippen LogP contribution >= 0.6 is 0 Å². The van der Waals surface area contributed by atoms with Gasteiger partial charge in [-0.05, 0) is 44.2 Å². The lowest BCUT2D eigenvalue weighted by atomic mass is 10.1. The Morgan fingerprint density at radius 2 is 1.84 bits per heavy atom. The number of amides is 1. The van der Waals surface area contributed by atoms with Gasteiger partial charge >= 0.3 is 6.18 Å². The lowest BCUT2D eigenvalue weighted by Crippen LogP contribution is -2.14. The van der Waals surface area contributed by atoms with E-state index in [0.29, 0.717) is 28.0 Å². The van der Waals surface area contributed by atoms with Crippen LogP contribution in [0.15, 0.2) is 54.9 Å². The van der Waals surface area contributed by atoms with Gasteiger partial charge in [-0.2, -0.15) is 18.3 Å². The highest BCUT2D eigenvalue weighted by Crippen LogP contribution is 2.33. The van der Waals surface area contributed by atoms with Crippen molar-refractivity contribution in [2.75, 3.05) is 11.1 Å². The van der Waals surface area contributed by atoms with E-state index >= 15 is 0 Å². The molecule has 0 bridgehead atoms. The molecule has 1 amide bonds. The zero-order chi connectivity index (χ0) is 23.0. The van der Waals surface area contributed by atoms with Crippen molar-refractivity contribution >= 4 is 28.4 Å². The predicted molar refractivity (Wildman–Crippen MR) is 115 cm³/mol. The molecule has 32 heavy (non-hydrogen) atoms. The van der Waals surface area contributed by atoms with Gasteiger partial charge in [0.1, 0.15) is 17.8 Å². The van der Waals surface area contributed by atoms with Crippen LogP contribution in [-0.2, 0) is 6.18 Å². The molecule has 4 rings (SSSR count). The van der Waals surface area contributed by atoms with E-state index in [1.807, 2.05) is 13.8 Å². The van der Waals surface area contributed by atoms with Crippen LogP contribution in [0.2, 0.25) is 0 Å². The highest BCUT2D eigenvalue weighted by molar-refractivity contribution is 6.05. The molecule has 7 nitrogen and oxygen atoms in total. The summed E-state index contributed by atoms with van der Waals surface area (Å²) in [5.74, 6) is -0.385. The first kappa shape index (κ1) is 21.3. The van der Waals surface area contributed by atoms with Gasteiger partial charge in [0.15, 0.2) is 5.65 Å². The first-order valence-electron chi connectivity index (χ1n) is 9.73. The number of hydrogen-bond acceptors (Lipinski definition) is 5. The summed E-state index contributed by atoms with van der Waals surface area (Å²) >= 11 is 0. The molecular formula is C22H19F3N6O. The fraction of sp³-hybridized carbons (Fsp3) is 0.182. The van der Waals surface area contributed by atoms with E-state index in [-0.39, 0.29) is 17.4 Å². The lowest BCUT2D eigenvalue weighted by molar-refractivity contribution is -0.137. The molecule has 4 aromatic rings. The quantitative estimate of drug-likeness (QED) is 0.469. The molecule has 0 radical (unpaired) electrons. The summed E-state index contributed by atoms with van der Waals surface area (Å²) in [6.45, 7) is 3.92. The molecule has 0 unspecified atom stereocenters. The number of anilines is 2. The van der Waals surface area contributed by atoms with Crippen LogP contribution in [0.3, 0.4) is 0 Å². The minimum Gasteiger partial charge on any atom is -0.383 e. The van der Waals surface area contributed by atoms with E-state index in [1.54, 1.807) is 28.9 Å². The fourth-order valence-electron chi connectivity index (χ4n) is 3.34. The Kier molecular flexibility index (Phi) is 5.29. The van der Waals surface area contributed by atoms with Crippen molar-refractivity contribution in [2.24, 2.45) is 0 Å². The number of nitrogens with zero attached hydrogens (tertiary/aromatic N) is 4. The average Bonchev–Trinajstić information content (AvgIpc) is 3.15. The highest BCUT2D eigenvalue weighted by Gasteiger charge is 2.31. The van der Waals surface area contributed by atoms with E-state index < -0.39 is 17.6 Å². The standard InChI is InChI=1S/C22H19F3N6O/c1-12(2)31-20-17(19(26)27-11-28-20)18(30-31)13-5-4-8-16(10-13)29-21(32)14-6-3-7-15(9-14)22(23,24)25/h3-12H,1-2H3,(H,29,32)(H2,26,27,28). The minimum atomic E-state index is -4.53. The second-order valence-electron chi connectivity index (χ2n) is 7.46. The van der Waals surface area contributed by atoms with Gasteiger partial charge in [-0.1, -0.05) is 18.2 Å². The van der Waals surface area contributed by atoms with E-state index in [2.05, 4.69) is 20.4 Å². The summed E-state index contributed by atoms with van der Waals surface area (Å²) in [7, 11) is 0. The third kappa shape index (κ3) is 3.98. The Morgan fingerprint density at radius 3 is 2.56 bits per heavy atom. The maximum absolute atomic E-state index is 13.0. The molecule has 2 aromatic heterocycles. The number of nitrogens with one attached hydrogen (secondary N) is 1. The monoisotopic (exact) mass is 440 g/mol. The van der Waals surface area contributed by atoms with Crippen molar-refractivity contribution in [3.63, 3.8) is 0 Å². The topological polar surface area (TPSA) is 98.7 Å². The zero-order valence-corrected chi connectivity index (χ0v) is 17.2. The van der Waals surface area contributed by atoms with Crippen LogP contribution in [0.1, 0.15) is 35.8 Å². The van der Waals surface area contributed by atoms with Crippen molar-refractivity contribution < 1.29 is 18.0 Å². The van der Waals surface area contributed by atoms with Gasteiger partial charge in [-0.25, -0.2) is 14.6 Å². The van der Waals surface area contributed by atoms with Crippen LogP contribution in [0.4, 0.5) is 24.7 Å². The predicted octanol–water partition coefficient (Wildman–Crippen LogP) is 4.93. The number of nitrogens with two attached hydrogens (primary N) is 1. The zero-order valence-electron chi connectivity index (χ0n) is 17.2. The number of rotatable bonds is 4. The van der Waals surface area contributed by atoms with Crippen molar-refractivity contribution in [3.05, 3.63) is 66.0 Å². The number of nitrogen functional groups attached to an aromatic ring is 1. The molecule has 0 saturated carbocycles. The molecule has 2 aromatic carbocycles. The molecule has 2 heterocycles. The second-order valence-corrected chi connectivity index (χ2v) is 7.46. The van der Waals surface area contributed by atoms with Gasteiger partial charge in [0, 0.05) is 22.9 Å². The Morgan fingerprint density at radius 1 is 1.09 bits per heavy atom. The van der Waals surface area contributed by atoms with Crippen molar-refractivity contribution in [2.45, 2.75) is 26.1 Å². The summed E-state index contributed by atoms with van der Waals surface area (Å²) in [4.78, 5) is 20.9. The van der Waals surface area contributed by atoms with Crippen LogP contribution in [-0.4, -0.2) is 25.7 Å². The number of fused-ring (bicyclic) bond motifs is 1. The first-order chi connectivity index (χ1) is 15.1. The fourth-order valence-corrected chi connectivity index (χ4v) is 3.34. The molecule has 0 aliphatic carbocycles. The van der Waals surface area contributed by atoms with Crippen molar-refractivity contribution in [1.29, 1.82) is 0 Å². The molecule has 0 aliphatic rings. The Labute approximate surface area is 181 Å². The Hall–Kier alpha value is -3.95. The van der Waals surface area contributed by atoms with Gasteiger partial charge in [0.25, 0.3) is 5.91 Å². The third-order valence-electron chi connectivity index (χ3n) is 4.85. The molecule has 3 N–H and O–H groups in total. The van der Waals surface area contributed by atoms with E-state index in [9.17, 15) is 18.0 Å². The smallest absolute Gasteiger partial charge is 0.383 e. The number of halogens is 3. The third-order valence-corrected chi connectivity index (χ3v) is 4.85. The van der Waals surface area contributed by atoms with Gasteiger partial charge in [-0.15, -0.1) is 0 Å². The molecule has 10 heteroatoms. The molecule has 0 atom stereocenters. The number of carbonyl (C=O) groups is 1.